The van der Waals surface area contributed by atoms with E-state index >= 15 is 0 Å². The highest BCUT2D eigenvalue weighted by Gasteiger charge is 2.32. The number of hydrogen-bond donors (Lipinski definition) is 1. The maximum atomic E-state index is 13.6. The third-order valence-corrected chi connectivity index (χ3v) is 5.88. The standard InChI is InChI=1S/C23H26ClN5O3/c1-12(2)32-19-9-18(29-10-15(5)26-27-29)16-6-7-28(23(31)20(16)21(19)24)11-17-13(3)8-14(4)25-22(17)30/h8-10,12H,6-7,11H2,1-5H3,(H,25,30). The molecule has 2 aromatic heterocycles. The number of benzene rings is 1. The van der Waals surface area contributed by atoms with E-state index < -0.39 is 0 Å². The second kappa shape index (κ2) is 8.43. The zero-order valence-electron chi connectivity index (χ0n) is 18.8. The Hall–Kier alpha value is -3.13. The molecule has 9 heteroatoms. The number of amides is 1. The molecule has 4 rings (SSSR count). The lowest BCUT2D eigenvalue weighted by Crippen LogP contribution is -2.39. The van der Waals surface area contributed by atoms with Gasteiger partial charge in [-0.05, 0) is 58.2 Å². The summed E-state index contributed by atoms with van der Waals surface area (Å²) < 4.78 is 7.56. The van der Waals surface area contributed by atoms with Crippen LogP contribution < -0.4 is 10.3 Å². The van der Waals surface area contributed by atoms with Crippen LogP contribution in [0.25, 0.3) is 5.69 Å². The number of aromatic nitrogens is 4. The van der Waals surface area contributed by atoms with Gasteiger partial charge in [0.05, 0.1) is 40.8 Å². The number of nitrogens with zero attached hydrogens (tertiary/aromatic N) is 4. The third kappa shape index (κ3) is 4.02. The van der Waals surface area contributed by atoms with E-state index in [1.165, 1.54) is 0 Å². The van der Waals surface area contributed by atoms with Crippen molar-refractivity contribution in [2.75, 3.05) is 6.54 Å². The van der Waals surface area contributed by atoms with Crippen LogP contribution in [-0.4, -0.2) is 43.4 Å². The van der Waals surface area contributed by atoms with Gasteiger partial charge in [-0.15, -0.1) is 5.10 Å². The first kappa shape index (κ1) is 22.1. The Morgan fingerprint density at radius 1 is 1.22 bits per heavy atom. The summed E-state index contributed by atoms with van der Waals surface area (Å²) in [6, 6.07) is 3.72. The van der Waals surface area contributed by atoms with Gasteiger partial charge >= 0.3 is 0 Å². The van der Waals surface area contributed by atoms with Gasteiger partial charge < -0.3 is 14.6 Å². The molecule has 1 N–H and O–H groups in total. The Bertz CT molecular complexity index is 1260. The number of aromatic amines is 1. The minimum absolute atomic E-state index is 0.126. The first-order valence-corrected chi connectivity index (χ1v) is 10.9. The van der Waals surface area contributed by atoms with E-state index in [2.05, 4.69) is 15.3 Å². The minimum atomic E-state index is -0.233. The lowest BCUT2D eigenvalue weighted by Gasteiger charge is -2.31. The summed E-state index contributed by atoms with van der Waals surface area (Å²) >= 11 is 6.70. The number of aryl methyl sites for hydroxylation is 3. The van der Waals surface area contributed by atoms with Crippen LogP contribution in [-0.2, 0) is 13.0 Å². The predicted molar refractivity (Wildman–Crippen MR) is 122 cm³/mol. The number of pyridine rings is 1. The van der Waals surface area contributed by atoms with E-state index in [1.54, 1.807) is 15.8 Å². The van der Waals surface area contributed by atoms with Crippen LogP contribution in [0.15, 0.2) is 23.1 Å². The Kier molecular flexibility index (Phi) is 5.81. The van der Waals surface area contributed by atoms with Gasteiger partial charge in [-0.1, -0.05) is 16.8 Å². The molecule has 1 amide bonds. The molecule has 3 aromatic rings. The zero-order chi connectivity index (χ0) is 23.2. The van der Waals surface area contributed by atoms with Crippen molar-refractivity contribution in [3.8, 4) is 11.4 Å². The smallest absolute Gasteiger partial charge is 0.256 e. The number of rotatable bonds is 5. The van der Waals surface area contributed by atoms with Crippen molar-refractivity contribution in [3.63, 3.8) is 0 Å². The Morgan fingerprint density at radius 3 is 2.59 bits per heavy atom. The van der Waals surface area contributed by atoms with Gasteiger partial charge in [0.1, 0.15) is 5.75 Å². The molecule has 0 fully saturated rings. The summed E-state index contributed by atoms with van der Waals surface area (Å²) in [6.07, 6.45) is 2.24. The molecule has 1 aromatic carbocycles. The van der Waals surface area contributed by atoms with Crippen LogP contribution >= 0.6 is 11.6 Å². The minimum Gasteiger partial charge on any atom is -0.489 e. The van der Waals surface area contributed by atoms with Gasteiger partial charge in [-0.3, -0.25) is 9.59 Å². The van der Waals surface area contributed by atoms with E-state index in [-0.39, 0.29) is 29.1 Å². The third-order valence-electron chi connectivity index (χ3n) is 5.51. The average molecular weight is 456 g/mol. The van der Waals surface area contributed by atoms with Crippen LogP contribution in [0.4, 0.5) is 0 Å². The number of hydrogen-bond acceptors (Lipinski definition) is 5. The van der Waals surface area contributed by atoms with Gasteiger partial charge in [-0.25, -0.2) is 4.68 Å². The molecule has 0 radical (unpaired) electrons. The van der Waals surface area contributed by atoms with Crippen molar-refractivity contribution < 1.29 is 9.53 Å². The van der Waals surface area contributed by atoms with E-state index in [0.717, 1.165) is 28.2 Å². The molecule has 0 saturated carbocycles. The van der Waals surface area contributed by atoms with Crippen LogP contribution in [0.5, 0.6) is 5.75 Å². The molecule has 0 spiro atoms. The lowest BCUT2D eigenvalue weighted by molar-refractivity contribution is 0.0725. The highest BCUT2D eigenvalue weighted by atomic mass is 35.5. The molecule has 0 aliphatic carbocycles. The van der Waals surface area contributed by atoms with Gasteiger partial charge in [0, 0.05) is 23.9 Å². The Morgan fingerprint density at radius 2 is 1.97 bits per heavy atom. The molecule has 8 nitrogen and oxygen atoms in total. The Balaban J connectivity index is 1.80. The molecular formula is C23H26ClN5O3. The molecule has 0 bridgehead atoms. The predicted octanol–water partition coefficient (Wildman–Crippen LogP) is 3.52. The number of carbonyl (C=O) groups excluding carboxylic acids is 1. The zero-order valence-corrected chi connectivity index (χ0v) is 19.6. The number of halogens is 1. The van der Waals surface area contributed by atoms with E-state index in [9.17, 15) is 9.59 Å². The average Bonchev–Trinajstić information content (AvgIpc) is 3.13. The fourth-order valence-corrected chi connectivity index (χ4v) is 4.36. The van der Waals surface area contributed by atoms with E-state index in [1.807, 2.05) is 46.8 Å². The van der Waals surface area contributed by atoms with Crippen LogP contribution in [0, 0.1) is 20.8 Å². The summed E-state index contributed by atoms with van der Waals surface area (Å²) in [5.74, 6) is 0.186. The maximum Gasteiger partial charge on any atom is 0.256 e. The first-order valence-electron chi connectivity index (χ1n) is 10.6. The summed E-state index contributed by atoms with van der Waals surface area (Å²) in [4.78, 5) is 30.6. The largest absolute Gasteiger partial charge is 0.489 e. The van der Waals surface area contributed by atoms with Gasteiger partial charge in [0.2, 0.25) is 0 Å². The molecule has 0 saturated heterocycles. The van der Waals surface area contributed by atoms with Crippen molar-refractivity contribution in [1.82, 2.24) is 24.9 Å². The second-order valence-electron chi connectivity index (χ2n) is 8.45. The van der Waals surface area contributed by atoms with Gasteiger partial charge in [0.25, 0.3) is 11.5 Å². The van der Waals surface area contributed by atoms with E-state index in [4.69, 9.17) is 16.3 Å². The van der Waals surface area contributed by atoms with Crippen molar-refractivity contribution in [2.45, 2.75) is 53.7 Å². The molecule has 32 heavy (non-hydrogen) atoms. The fraction of sp³-hybridized carbons (Fsp3) is 0.391. The number of H-pyrrole nitrogens is 1. The van der Waals surface area contributed by atoms with Gasteiger partial charge in [-0.2, -0.15) is 0 Å². The monoisotopic (exact) mass is 455 g/mol. The molecular weight excluding hydrogens is 430 g/mol. The normalized spacial score (nSPS) is 13.6. The lowest BCUT2D eigenvalue weighted by atomic mass is 9.95. The van der Waals surface area contributed by atoms with Crippen molar-refractivity contribution >= 4 is 17.5 Å². The first-order chi connectivity index (χ1) is 15.2. The van der Waals surface area contributed by atoms with E-state index in [0.29, 0.717) is 29.8 Å². The number of carbonyl (C=O) groups is 1. The summed E-state index contributed by atoms with van der Waals surface area (Å²) in [5, 5.41) is 8.54. The number of fused-ring (bicyclic) bond motifs is 1. The highest BCUT2D eigenvalue weighted by molar-refractivity contribution is 6.35. The summed E-state index contributed by atoms with van der Waals surface area (Å²) in [6.45, 7) is 10.0. The quantitative estimate of drug-likeness (QED) is 0.635. The molecule has 1 aliphatic rings. The summed E-state index contributed by atoms with van der Waals surface area (Å²) in [5.41, 5.74) is 4.71. The molecule has 0 unspecified atom stereocenters. The van der Waals surface area contributed by atoms with Crippen molar-refractivity contribution in [2.24, 2.45) is 0 Å². The number of nitrogens with one attached hydrogen (secondary N) is 1. The molecule has 1 aliphatic heterocycles. The van der Waals surface area contributed by atoms with Crippen LogP contribution in [0.2, 0.25) is 5.02 Å². The highest BCUT2D eigenvalue weighted by Crippen LogP contribution is 2.39. The van der Waals surface area contributed by atoms with Crippen LogP contribution in [0.1, 0.15) is 52.3 Å². The second-order valence-corrected chi connectivity index (χ2v) is 8.83. The maximum absolute atomic E-state index is 13.6. The van der Waals surface area contributed by atoms with Gasteiger partial charge in [0.15, 0.2) is 0 Å². The SMILES string of the molecule is Cc1cn(-c2cc(OC(C)C)c(Cl)c3c2CCN(Cc2c(C)cc(C)[nH]c2=O)C3=O)nn1. The molecule has 0 atom stereocenters. The molecule has 168 valence electrons. The summed E-state index contributed by atoms with van der Waals surface area (Å²) in [7, 11) is 0. The van der Waals surface area contributed by atoms with Crippen molar-refractivity contribution in [3.05, 3.63) is 67.3 Å². The molecule has 3 heterocycles. The van der Waals surface area contributed by atoms with Crippen LogP contribution in [0.3, 0.4) is 0 Å². The topological polar surface area (TPSA) is 93.1 Å². The fourth-order valence-electron chi connectivity index (χ4n) is 4.07. The van der Waals surface area contributed by atoms with Crippen molar-refractivity contribution in [1.29, 1.82) is 0 Å². The Labute approximate surface area is 191 Å². The number of ether oxygens (including phenoxy) is 1.